The molecule has 0 aromatic heterocycles. The zero-order valence-corrected chi connectivity index (χ0v) is 18.9. The minimum absolute atomic E-state index is 0.551. The molecule has 1 aromatic rings. The van der Waals surface area contributed by atoms with Crippen molar-refractivity contribution in [3.05, 3.63) is 41.0 Å². The molecule has 0 saturated heterocycles. The lowest BCUT2D eigenvalue weighted by molar-refractivity contribution is 0.420. The Hall–Kier alpha value is -1.57. The van der Waals surface area contributed by atoms with E-state index < -0.39 is 0 Å². The molecule has 2 atom stereocenters. The van der Waals surface area contributed by atoms with Crippen molar-refractivity contribution in [1.82, 2.24) is 5.43 Å². The van der Waals surface area contributed by atoms with E-state index in [1.807, 2.05) is 0 Å². The largest absolute Gasteiger partial charge is 0.278 e. The third-order valence-corrected chi connectivity index (χ3v) is 5.03. The highest BCUT2D eigenvalue weighted by molar-refractivity contribution is 5.91. The Bertz CT molecular complexity index is 593. The molecule has 2 unspecified atom stereocenters. The number of benzene rings is 1. The molecule has 1 aliphatic carbocycles. The van der Waals surface area contributed by atoms with E-state index in [2.05, 4.69) is 83.3 Å². The van der Waals surface area contributed by atoms with Gasteiger partial charge in [-0.3, -0.25) is 5.43 Å². The molecule has 1 heterocycles. The van der Waals surface area contributed by atoms with Crippen molar-refractivity contribution in [1.29, 1.82) is 0 Å². The Morgan fingerprint density at radius 3 is 2.11 bits per heavy atom. The van der Waals surface area contributed by atoms with Gasteiger partial charge in [-0.2, -0.15) is 5.10 Å². The maximum Gasteiger partial charge on any atom is 0.0632 e. The molecule has 2 nitrogen and oxygen atoms in total. The number of hydrazone groups is 1. The second kappa shape index (κ2) is 12.8. The van der Waals surface area contributed by atoms with Crippen LogP contribution in [0.3, 0.4) is 0 Å². The van der Waals surface area contributed by atoms with Crippen LogP contribution in [0, 0.1) is 18.8 Å². The van der Waals surface area contributed by atoms with Crippen molar-refractivity contribution in [3.8, 4) is 0 Å². The van der Waals surface area contributed by atoms with Crippen LogP contribution in [0.5, 0.6) is 0 Å². The van der Waals surface area contributed by atoms with Gasteiger partial charge in [0.25, 0.3) is 0 Å². The average Bonchev–Trinajstić information content (AvgIpc) is 2.62. The fraction of sp³-hybridized carbons (Fsp3) is 0.640. The number of nitrogens with one attached hydrogen (secondary N) is 1. The van der Waals surface area contributed by atoms with Gasteiger partial charge in [0.15, 0.2) is 0 Å². The number of fused-ring (bicyclic) bond motifs is 1. The van der Waals surface area contributed by atoms with Gasteiger partial charge in [-0.1, -0.05) is 90.1 Å². The lowest BCUT2D eigenvalue weighted by Crippen LogP contribution is -2.27. The maximum absolute atomic E-state index is 4.59. The normalized spacial score (nSPS) is 21.8. The van der Waals surface area contributed by atoms with E-state index in [4.69, 9.17) is 0 Å². The molecule has 2 aliphatic rings. The molecular weight excluding hydrogens is 328 g/mol. The number of hydrogen-bond acceptors (Lipinski definition) is 2. The van der Waals surface area contributed by atoms with Gasteiger partial charge >= 0.3 is 0 Å². The van der Waals surface area contributed by atoms with E-state index in [0.717, 1.165) is 5.92 Å². The predicted octanol–water partition coefficient (Wildman–Crippen LogP) is 7.73. The van der Waals surface area contributed by atoms with Gasteiger partial charge in [-0.15, -0.1) is 0 Å². The lowest BCUT2D eigenvalue weighted by atomic mass is 9.78. The number of nitrogens with zero attached hydrogens (tertiary/aromatic N) is 1. The minimum atomic E-state index is 0.551. The third kappa shape index (κ3) is 7.52. The molecule has 1 fully saturated rings. The van der Waals surface area contributed by atoms with E-state index in [9.17, 15) is 0 Å². The highest BCUT2D eigenvalue weighted by Gasteiger charge is 2.27. The summed E-state index contributed by atoms with van der Waals surface area (Å²) in [6.45, 7) is 15.2. The highest BCUT2D eigenvalue weighted by atomic mass is 15.3. The summed E-state index contributed by atoms with van der Waals surface area (Å²) in [6, 6.07) is 8.83. The Balaban J connectivity index is 0.000000540. The summed E-state index contributed by atoms with van der Waals surface area (Å²) >= 11 is 0. The molecule has 0 spiro atoms. The first-order valence-corrected chi connectivity index (χ1v) is 11.1. The van der Waals surface area contributed by atoms with E-state index >= 15 is 0 Å². The maximum atomic E-state index is 4.59. The Kier molecular flexibility index (Phi) is 11.1. The van der Waals surface area contributed by atoms with Gasteiger partial charge in [0, 0.05) is 11.6 Å². The molecule has 1 aromatic carbocycles. The van der Waals surface area contributed by atoms with Crippen molar-refractivity contribution >= 4 is 11.4 Å². The molecule has 3 rings (SSSR count). The van der Waals surface area contributed by atoms with E-state index in [1.54, 1.807) is 5.57 Å². The van der Waals surface area contributed by atoms with Crippen molar-refractivity contribution < 1.29 is 0 Å². The van der Waals surface area contributed by atoms with Crippen LogP contribution in [-0.4, -0.2) is 5.71 Å². The smallest absolute Gasteiger partial charge is 0.0632 e. The zero-order chi connectivity index (χ0) is 20.2. The van der Waals surface area contributed by atoms with Crippen molar-refractivity contribution in [2.75, 3.05) is 0 Å². The van der Waals surface area contributed by atoms with E-state index in [-0.39, 0.29) is 0 Å². The molecular formula is C25H42N2. The number of hydrogen-bond donors (Lipinski definition) is 1. The molecule has 2 heteroatoms. The van der Waals surface area contributed by atoms with E-state index in [1.165, 1.54) is 67.5 Å². The standard InChI is InChI=1S/C19H26N2.2C3H8/c1-13-5-4-6-17-15(3)20-21-19(18(17)12-9-13)16-10-7-14(2)8-11-16;2*1-3-2/h7-8,10-11,13,17,21H,4-6,9,12H2,1-3H3;2*3H2,1-2H3. The summed E-state index contributed by atoms with van der Waals surface area (Å²) in [5.74, 6) is 1.40. The van der Waals surface area contributed by atoms with Crippen molar-refractivity contribution in [3.63, 3.8) is 0 Å². The molecule has 1 aliphatic heterocycles. The van der Waals surface area contributed by atoms with Crippen LogP contribution in [0.25, 0.3) is 5.70 Å². The third-order valence-electron chi connectivity index (χ3n) is 5.03. The first kappa shape index (κ1) is 23.5. The van der Waals surface area contributed by atoms with Gasteiger partial charge in [0.05, 0.1) is 5.70 Å². The number of aryl methyl sites for hydroxylation is 1. The van der Waals surface area contributed by atoms with Crippen molar-refractivity contribution in [2.24, 2.45) is 16.9 Å². The topological polar surface area (TPSA) is 24.4 Å². The second-order valence-electron chi connectivity index (χ2n) is 8.17. The monoisotopic (exact) mass is 370 g/mol. The first-order valence-electron chi connectivity index (χ1n) is 11.1. The number of allylic oxidation sites excluding steroid dienone is 1. The molecule has 152 valence electrons. The van der Waals surface area contributed by atoms with Gasteiger partial charge < -0.3 is 0 Å². The molecule has 27 heavy (non-hydrogen) atoms. The van der Waals surface area contributed by atoms with E-state index in [0.29, 0.717) is 5.92 Å². The molecule has 1 N–H and O–H groups in total. The van der Waals surface area contributed by atoms with Crippen LogP contribution in [0.2, 0.25) is 0 Å². The molecule has 0 radical (unpaired) electrons. The summed E-state index contributed by atoms with van der Waals surface area (Å²) in [6.07, 6.45) is 8.95. The van der Waals surface area contributed by atoms with Gasteiger partial charge in [-0.25, -0.2) is 0 Å². The second-order valence-corrected chi connectivity index (χ2v) is 8.17. The Morgan fingerprint density at radius 1 is 0.926 bits per heavy atom. The SMILES string of the molecule is CC1=NNC(c2ccc(C)cc2)=C2CCC(C)CCCC12.CCC.CCC. The molecule has 1 saturated carbocycles. The minimum Gasteiger partial charge on any atom is -0.278 e. The lowest BCUT2D eigenvalue weighted by Gasteiger charge is -2.31. The Morgan fingerprint density at radius 2 is 1.52 bits per heavy atom. The summed E-state index contributed by atoms with van der Waals surface area (Å²) in [5, 5.41) is 4.59. The van der Waals surface area contributed by atoms with Crippen LogP contribution in [0.4, 0.5) is 0 Å². The fourth-order valence-corrected chi connectivity index (χ4v) is 3.59. The van der Waals surface area contributed by atoms with Gasteiger partial charge in [0.1, 0.15) is 0 Å². The summed E-state index contributed by atoms with van der Waals surface area (Å²) in [4.78, 5) is 0. The van der Waals surface area contributed by atoms with Crippen LogP contribution in [-0.2, 0) is 0 Å². The van der Waals surface area contributed by atoms with Gasteiger partial charge in [-0.05, 0) is 50.2 Å². The summed E-state index contributed by atoms with van der Waals surface area (Å²) in [5.41, 5.74) is 10.0. The average molecular weight is 371 g/mol. The molecule has 0 bridgehead atoms. The fourth-order valence-electron chi connectivity index (χ4n) is 3.59. The zero-order valence-electron chi connectivity index (χ0n) is 18.9. The van der Waals surface area contributed by atoms with Crippen molar-refractivity contribution in [2.45, 2.75) is 93.4 Å². The summed E-state index contributed by atoms with van der Waals surface area (Å²) in [7, 11) is 0. The molecule has 0 amide bonds. The van der Waals surface area contributed by atoms with Gasteiger partial charge in [0.2, 0.25) is 0 Å². The summed E-state index contributed by atoms with van der Waals surface area (Å²) < 4.78 is 0. The first-order chi connectivity index (χ1) is 13.0. The van der Waals surface area contributed by atoms with Crippen LogP contribution < -0.4 is 5.43 Å². The number of rotatable bonds is 1. The van der Waals surface area contributed by atoms with Crippen LogP contribution in [0.1, 0.15) is 97.6 Å². The Labute approximate surface area is 168 Å². The van der Waals surface area contributed by atoms with Crippen LogP contribution >= 0.6 is 0 Å². The quantitative estimate of drug-likeness (QED) is 0.537. The highest BCUT2D eigenvalue weighted by Crippen LogP contribution is 2.36. The predicted molar refractivity (Wildman–Crippen MR) is 122 cm³/mol. The van der Waals surface area contributed by atoms with Crippen LogP contribution in [0.15, 0.2) is 34.9 Å².